The molecule has 0 aromatic carbocycles. The summed E-state index contributed by atoms with van der Waals surface area (Å²) in [7, 11) is -3.33. The minimum absolute atomic E-state index is 0.0477. The van der Waals surface area contributed by atoms with Gasteiger partial charge in [-0.3, -0.25) is 4.72 Å². The van der Waals surface area contributed by atoms with Gasteiger partial charge in [-0.05, 0) is 18.9 Å². The van der Waals surface area contributed by atoms with Crippen molar-refractivity contribution in [2.24, 2.45) is 5.92 Å². The first-order chi connectivity index (χ1) is 8.93. The first-order valence-electron chi connectivity index (χ1n) is 6.46. The highest BCUT2D eigenvalue weighted by Crippen LogP contribution is 2.19. The van der Waals surface area contributed by atoms with Crippen molar-refractivity contribution in [3.8, 4) is 0 Å². The van der Waals surface area contributed by atoms with E-state index in [1.807, 2.05) is 6.92 Å². The molecule has 1 rings (SSSR count). The standard InChI is InChI=1S/C11H22N4O2S2/c1-4-5-12-6-7-19(16,17)15-11-14-13-10(18-11)8-9(2)3/h9,12H,4-8H2,1-3H3,(H,14,15). The van der Waals surface area contributed by atoms with Crippen molar-refractivity contribution in [2.75, 3.05) is 23.6 Å². The van der Waals surface area contributed by atoms with Crippen molar-refractivity contribution in [3.63, 3.8) is 0 Å². The lowest BCUT2D eigenvalue weighted by Crippen LogP contribution is -2.27. The van der Waals surface area contributed by atoms with Gasteiger partial charge < -0.3 is 5.32 Å². The number of anilines is 1. The minimum atomic E-state index is -3.33. The van der Waals surface area contributed by atoms with Crippen molar-refractivity contribution in [2.45, 2.75) is 33.6 Å². The predicted octanol–water partition coefficient (Wildman–Crippen LogP) is 1.48. The second-order valence-corrected chi connectivity index (χ2v) is 7.67. The number of nitrogens with zero attached hydrogens (tertiary/aromatic N) is 2. The normalized spacial score (nSPS) is 12.0. The van der Waals surface area contributed by atoms with Gasteiger partial charge in [0.2, 0.25) is 15.2 Å². The quantitative estimate of drug-likeness (QED) is 0.675. The first kappa shape index (κ1) is 16.3. The van der Waals surface area contributed by atoms with E-state index < -0.39 is 10.0 Å². The molecule has 1 aromatic rings. The zero-order valence-electron chi connectivity index (χ0n) is 11.6. The van der Waals surface area contributed by atoms with E-state index in [2.05, 4.69) is 34.1 Å². The SMILES string of the molecule is CCCNCCS(=O)(=O)Nc1nnc(CC(C)C)s1. The summed E-state index contributed by atoms with van der Waals surface area (Å²) >= 11 is 1.30. The molecule has 0 aliphatic heterocycles. The molecule has 0 bridgehead atoms. The van der Waals surface area contributed by atoms with E-state index in [1.165, 1.54) is 11.3 Å². The molecule has 8 heteroatoms. The maximum absolute atomic E-state index is 11.8. The molecule has 19 heavy (non-hydrogen) atoms. The van der Waals surface area contributed by atoms with Crippen LogP contribution < -0.4 is 10.0 Å². The van der Waals surface area contributed by atoms with Gasteiger partial charge in [0.15, 0.2) is 0 Å². The summed E-state index contributed by atoms with van der Waals surface area (Å²) in [5.74, 6) is 0.530. The maximum Gasteiger partial charge on any atom is 0.235 e. The van der Waals surface area contributed by atoms with Crippen LogP contribution in [0.15, 0.2) is 0 Å². The first-order valence-corrected chi connectivity index (χ1v) is 8.93. The number of aromatic nitrogens is 2. The lowest BCUT2D eigenvalue weighted by atomic mass is 10.1. The van der Waals surface area contributed by atoms with Crippen LogP contribution >= 0.6 is 11.3 Å². The fraction of sp³-hybridized carbons (Fsp3) is 0.818. The molecule has 0 unspecified atom stereocenters. The topological polar surface area (TPSA) is 84.0 Å². The molecule has 0 fully saturated rings. The van der Waals surface area contributed by atoms with E-state index in [1.54, 1.807) is 0 Å². The smallest absolute Gasteiger partial charge is 0.235 e. The van der Waals surface area contributed by atoms with E-state index in [-0.39, 0.29) is 5.75 Å². The van der Waals surface area contributed by atoms with Gasteiger partial charge in [-0.15, -0.1) is 10.2 Å². The predicted molar refractivity (Wildman–Crippen MR) is 79.0 cm³/mol. The van der Waals surface area contributed by atoms with Gasteiger partial charge in [-0.2, -0.15) is 0 Å². The van der Waals surface area contributed by atoms with E-state index in [0.29, 0.717) is 17.6 Å². The van der Waals surface area contributed by atoms with Crippen molar-refractivity contribution < 1.29 is 8.42 Å². The Labute approximate surface area is 119 Å². The van der Waals surface area contributed by atoms with Crippen LogP contribution in [0.25, 0.3) is 0 Å². The Kier molecular flexibility index (Phi) is 6.67. The van der Waals surface area contributed by atoms with Gasteiger partial charge in [0.1, 0.15) is 5.01 Å². The zero-order chi connectivity index (χ0) is 14.3. The second-order valence-electron chi connectivity index (χ2n) is 4.77. The van der Waals surface area contributed by atoms with Gasteiger partial charge >= 0.3 is 0 Å². The molecule has 1 aromatic heterocycles. The molecule has 0 saturated carbocycles. The largest absolute Gasteiger partial charge is 0.316 e. The molecule has 110 valence electrons. The monoisotopic (exact) mass is 306 g/mol. The second kappa shape index (κ2) is 7.76. The van der Waals surface area contributed by atoms with Crippen LogP contribution in [-0.4, -0.2) is 37.5 Å². The zero-order valence-corrected chi connectivity index (χ0v) is 13.3. The molecule has 0 spiro atoms. The summed E-state index contributed by atoms with van der Waals surface area (Å²) in [5, 5.41) is 12.1. The van der Waals surface area contributed by atoms with Gasteiger partial charge in [-0.1, -0.05) is 32.1 Å². The average Bonchev–Trinajstić information content (AvgIpc) is 2.70. The van der Waals surface area contributed by atoms with Gasteiger partial charge in [0, 0.05) is 13.0 Å². The molecule has 0 amide bonds. The van der Waals surface area contributed by atoms with Crippen molar-refractivity contribution in [1.82, 2.24) is 15.5 Å². The molecule has 6 nitrogen and oxygen atoms in total. The third-order valence-corrected chi connectivity index (χ3v) is 4.50. The van der Waals surface area contributed by atoms with Gasteiger partial charge in [0.25, 0.3) is 0 Å². The highest BCUT2D eigenvalue weighted by Gasteiger charge is 2.13. The molecule has 0 saturated heterocycles. The summed E-state index contributed by atoms with van der Waals surface area (Å²) in [4.78, 5) is 0. The summed E-state index contributed by atoms with van der Waals surface area (Å²) in [6, 6.07) is 0. The average molecular weight is 306 g/mol. The van der Waals surface area contributed by atoms with Crippen LogP contribution in [0.3, 0.4) is 0 Å². The lowest BCUT2D eigenvalue weighted by molar-refractivity contribution is 0.595. The lowest BCUT2D eigenvalue weighted by Gasteiger charge is -2.05. The molecule has 0 aliphatic carbocycles. The van der Waals surface area contributed by atoms with Gasteiger partial charge in [0.05, 0.1) is 5.75 Å². The van der Waals surface area contributed by atoms with E-state index in [9.17, 15) is 8.42 Å². The Bertz CT molecular complexity index is 471. The molecular weight excluding hydrogens is 284 g/mol. The number of hydrogen-bond acceptors (Lipinski definition) is 6. The molecule has 0 aliphatic rings. The summed E-state index contributed by atoms with van der Waals surface area (Å²) in [6.07, 6.45) is 1.81. The van der Waals surface area contributed by atoms with Crippen LogP contribution in [0, 0.1) is 5.92 Å². The highest BCUT2D eigenvalue weighted by atomic mass is 32.2. The Morgan fingerprint density at radius 2 is 2.00 bits per heavy atom. The third kappa shape index (κ3) is 6.84. The van der Waals surface area contributed by atoms with Crippen molar-refractivity contribution in [3.05, 3.63) is 5.01 Å². The summed E-state index contributed by atoms with van der Waals surface area (Å²) in [5.41, 5.74) is 0. The Balaban J connectivity index is 2.46. The maximum atomic E-state index is 11.8. The van der Waals surface area contributed by atoms with Crippen LogP contribution in [0.1, 0.15) is 32.2 Å². The number of sulfonamides is 1. The fourth-order valence-corrected chi connectivity index (χ4v) is 3.59. The Morgan fingerprint density at radius 1 is 1.26 bits per heavy atom. The number of nitrogens with one attached hydrogen (secondary N) is 2. The number of rotatable bonds is 9. The summed E-state index contributed by atoms with van der Waals surface area (Å²) in [6.45, 7) is 7.49. The minimum Gasteiger partial charge on any atom is -0.316 e. The Hall–Kier alpha value is -0.730. The number of hydrogen-bond donors (Lipinski definition) is 2. The van der Waals surface area contributed by atoms with E-state index in [0.717, 1.165) is 24.4 Å². The van der Waals surface area contributed by atoms with E-state index >= 15 is 0 Å². The summed E-state index contributed by atoms with van der Waals surface area (Å²) < 4.78 is 26.0. The Morgan fingerprint density at radius 3 is 2.63 bits per heavy atom. The van der Waals surface area contributed by atoms with Crippen molar-refractivity contribution in [1.29, 1.82) is 0 Å². The highest BCUT2D eigenvalue weighted by molar-refractivity contribution is 7.92. The van der Waals surface area contributed by atoms with Gasteiger partial charge in [-0.25, -0.2) is 8.42 Å². The van der Waals surface area contributed by atoms with Crippen LogP contribution in [0.4, 0.5) is 5.13 Å². The van der Waals surface area contributed by atoms with Crippen LogP contribution in [0.2, 0.25) is 0 Å². The van der Waals surface area contributed by atoms with Crippen LogP contribution in [0.5, 0.6) is 0 Å². The fourth-order valence-electron chi connectivity index (χ4n) is 1.42. The van der Waals surface area contributed by atoms with Crippen LogP contribution in [-0.2, 0) is 16.4 Å². The molecule has 0 atom stereocenters. The molecule has 2 N–H and O–H groups in total. The van der Waals surface area contributed by atoms with Crippen molar-refractivity contribution >= 4 is 26.5 Å². The molecule has 0 radical (unpaired) electrons. The third-order valence-electron chi connectivity index (χ3n) is 2.27. The molecular formula is C11H22N4O2S2. The van der Waals surface area contributed by atoms with E-state index in [4.69, 9.17) is 0 Å². The molecule has 1 heterocycles.